The Hall–Kier alpha value is -5.12. The molecule has 2 N–H and O–H groups in total. The molecule has 2 amide bonds. The molecule has 0 radical (unpaired) electrons. The lowest BCUT2D eigenvalue weighted by atomic mass is 10.1. The minimum atomic E-state index is -4.07. The smallest absolute Gasteiger partial charge is 0.463 e. The Morgan fingerprint density at radius 2 is 1.70 bits per heavy atom. The van der Waals surface area contributed by atoms with Gasteiger partial charge in [-0.2, -0.15) is 13.8 Å². The second-order valence-corrected chi connectivity index (χ2v) is 8.70. The molecule has 0 spiro atoms. The lowest BCUT2D eigenvalue weighted by Crippen LogP contribution is -2.45. The maximum atomic E-state index is 15.5. The van der Waals surface area contributed by atoms with Gasteiger partial charge in [-0.25, -0.2) is 14.4 Å². The van der Waals surface area contributed by atoms with Gasteiger partial charge < -0.3 is 29.0 Å². The first-order valence-electron chi connectivity index (χ1n) is 12.7. The zero-order chi connectivity index (χ0) is 31.4. The van der Waals surface area contributed by atoms with Crippen LogP contribution >= 0.6 is 0 Å². The first-order valence-corrected chi connectivity index (χ1v) is 12.7. The van der Waals surface area contributed by atoms with Crippen molar-refractivity contribution in [1.82, 2.24) is 9.55 Å². The molecule has 1 aromatic carbocycles. The average molecular weight is 607 g/mol. The highest BCUT2D eigenvalue weighted by Gasteiger charge is 2.63. The standard InChI is InChI=1S/C27H28F2N4O10/c1-3-14-39-25(37)32-19-12-13-33(24(36)31-19)23-27(28,29)22(43-26(38)40-15-4-2)18(42-23)16-41-21(35)11-10-20(34)30-17-8-6-5-7-9-17/h3-9,12-13,18,22-23H,1-2,10-11,14-16H2,(H,30,34)(H,31,32,36,37)/t18-,22-,23-/m1/s1. The summed E-state index contributed by atoms with van der Waals surface area (Å²) in [6.07, 6.45) is -6.31. The number of carbonyl (C=O) groups is 4. The Morgan fingerprint density at radius 1 is 1.00 bits per heavy atom. The predicted molar refractivity (Wildman–Crippen MR) is 144 cm³/mol. The fourth-order valence-electron chi connectivity index (χ4n) is 3.66. The molecule has 3 atom stereocenters. The number of aromatic nitrogens is 2. The van der Waals surface area contributed by atoms with Crippen LogP contribution in [0.5, 0.6) is 0 Å². The summed E-state index contributed by atoms with van der Waals surface area (Å²) in [7, 11) is 0. The third kappa shape index (κ3) is 9.19. The Labute approximate surface area is 243 Å². The molecule has 14 nitrogen and oxygen atoms in total. The van der Waals surface area contributed by atoms with Crippen molar-refractivity contribution in [2.75, 3.05) is 30.5 Å². The second kappa shape index (κ2) is 15.2. The number of carbonyl (C=O) groups excluding carboxylic acids is 4. The van der Waals surface area contributed by atoms with Crippen molar-refractivity contribution in [2.45, 2.75) is 37.2 Å². The summed E-state index contributed by atoms with van der Waals surface area (Å²) in [5, 5.41) is 4.73. The molecule has 0 unspecified atom stereocenters. The van der Waals surface area contributed by atoms with Gasteiger partial charge in [-0.15, -0.1) is 0 Å². The number of para-hydroxylation sites is 1. The van der Waals surface area contributed by atoms with Crippen molar-refractivity contribution >= 4 is 35.6 Å². The molecule has 2 heterocycles. The summed E-state index contributed by atoms with van der Waals surface area (Å²) in [5.74, 6) is -5.79. The van der Waals surface area contributed by atoms with Gasteiger partial charge in [-0.05, 0) is 18.2 Å². The van der Waals surface area contributed by atoms with Crippen LogP contribution in [-0.4, -0.2) is 71.6 Å². The summed E-state index contributed by atoms with van der Waals surface area (Å²) in [4.78, 5) is 64.2. The van der Waals surface area contributed by atoms with Crippen LogP contribution in [0.4, 0.5) is 29.9 Å². The molecule has 230 valence electrons. The van der Waals surface area contributed by atoms with Crippen LogP contribution in [0.3, 0.4) is 0 Å². The molecule has 2 aromatic rings. The van der Waals surface area contributed by atoms with E-state index in [1.165, 1.54) is 12.2 Å². The molecule has 0 aliphatic carbocycles. The number of rotatable bonds is 13. The summed E-state index contributed by atoms with van der Waals surface area (Å²) in [6.45, 7) is 5.40. The van der Waals surface area contributed by atoms with Crippen LogP contribution in [0.2, 0.25) is 0 Å². The number of benzene rings is 1. The largest absolute Gasteiger partial charge is 0.509 e. The Morgan fingerprint density at radius 3 is 2.37 bits per heavy atom. The van der Waals surface area contributed by atoms with Gasteiger partial charge in [0.15, 0.2) is 0 Å². The van der Waals surface area contributed by atoms with Gasteiger partial charge in [0.05, 0.1) is 6.42 Å². The number of nitrogens with zero attached hydrogens (tertiary/aromatic N) is 2. The molecular weight excluding hydrogens is 578 g/mol. The van der Waals surface area contributed by atoms with E-state index in [2.05, 4.69) is 33.5 Å². The van der Waals surface area contributed by atoms with E-state index in [9.17, 15) is 24.0 Å². The number of amides is 2. The van der Waals surface area contributed by atoms with Gasteiger partial charge >= 0.3 is 29.8 Å². The van der Waals surface area contributed by atoms with E-state index >= 15 is 8.78 Å². The monoisotopic (exact) mass is 606 g/mol. The zero-order valence-electron chi connectivity index (χ0n) is 22.6. The Kier molecular flexibility index (Phi) is 11.5. The summed E-state index contributed by atoms with van der Waals surface area (Å²) < 4.78 is 56.0. The SMILES string of the molecule is C=CCOC(=O)Nc1ccn([C@@H]2O[C@H](COC(=O)CCC(=O)Nc3ccccc3)[C@@H](OC(=O)OCC=C)C2(F)F)c(=O)n1. The molecule has 0 saturated carbocycles. The minimum Gasteiger partial charge on any atom is -0.463 e. The quantitative estimate of drug-likeness (QED) is 0.195. The molecule has 43 heavy (non-hydrogen) atoms. The summed E-state index contributed by atoms with van der Waals surface area (Å²) >= 11 is 0. The molecular formula is C27H28F2N4O10. The van der Waals surface area contributed by atoms with Crippen LogP contribution in [0.1, 0.15) is 19.1 Å². The van der Waals surface area contributed by atoms with Crippen molar-refractivity contribution < 1.29 is 51.6 Å². The second-order valence-electron chi connectivity index (χ2n) is 8.70. The minimum absolute atomic E-state index is 0.130. The highest BCUT2D eigenvalue weighted by atomic mass is 19.3. The van der Waals surface area contributed by atoms with Crippen LogP contribution in [0, 0.1) is 0 Å². The maximum Gasteiger partial charge on any atom is 0.509 e. The van der Waals surface area contributed by atoms with Crippen LogP contribution < -0.4 is 16.3 Å². The van der Waals surface area contributed by atoms with Gasteiger partial charge in [-0.3, -0.25) is 19.5 Å². The van der Waals surface area contributed by atoms with Crippen molar-refractivity contribution in [1.29, 1.82) is 0 Å². The van der Waals surface area contributed by atoms with E-state index in [0.717, 1.165) is 12.3 Å². The van der Waals surface area contributed by atoms with Gasteiger partial charge in [0.25, 0.3) is 0 Å². The molecule has 1 fully saturated rings. The average Bonchev–Trinajstić information content (AvgIpc) is 3.22. The van der Waals surface area contributed by atoms with Gasteiger partial charge in [0.1, 0.15) is 31.7 Å². The van der Waals surface area contributed by atoms with Gasteiger partial charge in [-0.1, -0.05) is 43.5 Å². The number of alkyl halides is 2. The van der Waals surface area contributed by atoms with Gasteiger partial charge in [0, 0.05) is 18.3 Å². The Bertz CT molecular complexity index is 1390. The predicted octanol–water partition coefficient (Wildman–Crippen LogP) is 3.18. The fourth-order valence-corrected chi connectivity index (χ4v) is 3.66. The van der Waals surface area contributed by atoms with Gasteiger partial charge in [0.2, 0.25) is 18.2 Å². The molecule has 1 saturated heterocycles. The van der Waals surface area contributed by atoms with E-state index in [1.54, 1.807) is 30.3 Å². The molecule has 3 rings (SSSR count). The Balaban J connectivity index is 1.70. The third-order valence-corrected chi connectivity index (χ3v) is 5.56. The summed E-state index contributed by atoms with van der Waals surface area (Å²) in [6, 6.07) is 9.49. The normalized spacial score (nSPS) is 18.5. The number of nitrogens with one attached hydrogen (secondary N) is 2. The number of ether oxygens (including phenoxy) is 5. The van der Waals surface area contributed by atoms with Crippen LogP contribution in [0.15, 0.2) is 72.7 Å². The third-order valence-electron chi connectivity index (χ3n) is 5.56. The number of hydrogen-bond donors (Lipinski definition) is 2. The van der Waals surface area contributed by atoms with Crippen molar-refractivity contribution in [3.8, 4) is 0 Å². The van der Waals surface area contributed by atoms with Crippen LogP contribution in [0.25, 0.3) is 0 Å². The van der Waals surface area contributed by atoms with Crippen molar-refractivity contribution in [2.24, 2.45) is 0 Å². The van der Waals surface area contributed by atoms with E-state index < -0.39 is 67.2 Å². The van der Waals surface area contributed by atoms with E-state index in [4.69, 9.17) is 18.9 Å². The number of esters is 1. The van der Waals surface area contributed by atoms with Crippen LogP contribution in [-0.2, 0) is 33.3 Å². The number of anilines is 2. The fraction of sp³-hybridized carbons (Fsp3) is 0.333. The summed E-state index contributed by atoms with van der Waals surface area (Å²) in [5.41, 5.74) is -0.751. The highest BCUT2D eigenvalue weighted by molar-refractivity contribution is 5.92. The number of halogens is 2. The molecule has 0 bridgehead atoms. The number of hydrogen-bond acceptors (Lipinski definition) is 11. The van der Waals surface area contributed by atoms with E-state index in [-0.39, 0.29) is 25.5 Å². The highest BCUT2D eigenvalue weighted by Crippen LogP contribution is 2.44. The first kappa shape index (κ1) is 32.4. The van der Waals surface area contributed by atoms with Crippen molar-refractivity contribution in [3.05, 3.63) is 78.4 Å². The van der Waals surface area contributed by atoms with Crippen molar-refractivity contribution in [3.63, 3.8) is 0 Å². The topological polar surface area (TPSA) is 173 Å². The van der Waals surface area contributed by atoms with E-state index in [1.807, 2.05) is 0 Å². The molecule has 16 heteroatoms. The first-order chi connectivity index (χ1) is 20.5. The molecule has 1 aromatic heterocycles. The molecule has 1 aliphatic heterocycles. The zero-order valence-corrected chi connectivity index (χ0v) is 22.6. The van der Waals surface area contributed by atoms with E-state index in [0.29, 0.717) is 10.3 Å². The maximum absolute atomic E-state index is 15.5. The molecule has 1 aliphatic rings. The lowest BCUT2D eigenvalue weighted by molar-refractivity contribution is -0.151. The lowest BCUT2D eigenvalue weighted by Gasteiger charge is -2.23.